The SMILES string of the molecule is Cc1ccc(C(C#N)C(=O)c2ncccn2)cc1C. The Morgan fingerprint density at radius 1 is 1.21 bits per heavy atom. The minimum atomic E-state index is -0.860. The van der Waals surface area contributed by atoms with Crippen molar-refractivity contribution >= 4 is 5.78 Å². The van der Waals surface area contributed by atoms with Crippen molar-refractivity contribution < 1.29 is 4.79 Å². The van der Waals surface area contributed by atoms with Crippen LogP contribution in [0.1, 0.15) is 33.2 Å². The normalized spacial score (nSPS) is 11.6. The molecule has 0 saturated carbocycles. The van der Waals surface area contributed by atoms with E-state index < -0.39 is 5.92 Å². The van der Waals surface area contributed by atoms with Gasteiger partial charge < -0.3 is 0 Å². The van der Waals surface area contributed by atoms with Crippen molar-refractivity contribution in [3.63, 3.8) is 0 Å². The first-order chi connectivity index (χ1) is 9.13. The van der Waals surface area contributed by atoms with Crippen LogP contribution in [-0.2, 0) is 0 Å². The van der Waals surface area contributed by atoms with Crippen molar-refractivity contribution in [2.75, 3.05) is 0 Å². The summed E-state index contributed by atoms with van der Waals surface area (Å²) < 4.78 is 0. The molecular weight excluding hydrogens is 238 g/mol. The smallest absolute Gasteiger partial charge is 0.221 e. The third-order valence-corrected chi connectivity index (χ3v) is 3.04. The zero-order valence-electron chi connectivity index (χ0n) is 10.8. The minimum Gasteiger partial charge on any atom is -0.289 e. The highest BCUT2D eigenvalue weighted by Crippen LogP contribution is 2.21. The molecule has 0 N–H and O–H groups in total. The number of carbonyl (C=O) groups excluding carboxylic acids is 1. The van der Waals surface area contributed by atoms with Crippen molar-refractivity contribution in [2.24, 2.45) is 0 Å². The predicted molar refractivity (Wildman–Crippen MR) is 70.6 cm³/mol. The molecular formula is C15H13N3O. The molecule has 0 amide bonds. The van der Waals surface area contributed by atoms with Crippen molar-refractivity contribution in [1.82, 2.24) is 9.97 Å². The van der Waals surface area contributed by atoms with Crippen LogP contribution < -0.4 is 0 Å². The van der Waals surface area contributed by atoms with Crippen molar-refractivity contribution in [3.8, 4) is 6.07 Å². The molecule has 0 saturated heterocycles. The lowest BCUT2D eigenvalue weighted by atomic mass is 9.93. The molecule has 0 spiro atoms. The van der Waals surface area contributed by atoms with Crippen LogP contribution in [0.15, 0.2) is 36.7 Å². The summed E-state index contributed by atoms with van der Waals surface area (Å²) in [4.78, 5) is 20.0. The highest BCUT2D eigenvalue weighted by atomic mass is 16.1. The molecule has 4 nitrogen and oxygen atoms in total. The molecule has 2 aromatic rings. The van der Waals surface area contributed by atoms with E-state index in [1.807, 2.05) is 32.0 Å². The van der Waals surface area contributed by atoms with Gasteiger partial charge in [0.15, 0.2) is 5.82 Å². The number of benzene rings is 1. The Balaban J connectivity index is 2.38. The summed E-state index contributed by atoms with van der Waals surface area (Å²) in [6, 6.07) is 9.25. The van der Waals surface area contributed by atoms with E-state index in [-0.39, 0.29) is 11.6 Å². The summed E-state index contributed by atoms with van der Waals surface area (Å²) in [5.74, 6) is -1.15. The third-order valence-electron chi connectivity index (χ3n) is 3.04. The Morgan fingerprint density at radius 3 is 2.47 bits per heavy atom. The van der Waals surface area contributed by atoms with Gasteiger partial charge >= 0.3 is 0 Å². The van der Waals surface area contributed by atoms with Crippen LogP contribution in [-0.4, -0.2) is 15.8 Å². The molecule has 1 aromatic heterocycles. The van der Waals surface area contributed by atoms with Gasteiger partial charge in [0.1, 0.15) is 5.92 Å². The van der Waals surface area contributed by atoms with E-state index in [0.717, 1.165) is 11.1 Å². The van der Waals surface area contributed by atoms with Gasteiger partial charge in [-0.15, -0.1) is 0 Å². The Bertz CT molecular complexity index is 644. The van der Waals surface area contributed by atoms with Crippen LogP contribution in [0.4, 0.5) is 0 Å². The third kappa shape index (κ3) is 2.66. The summed E-state index contributed by atoms with van der Waals surface area (Å²) in [6.07, 6.45) is 2.99. The second-order valence-corrected chi connectivity index (χ2v) is 4.34. The number of carbonyl (C=O) groups is 1. The molecule has 0 radical (unpaired) electrons. The van der Waals surface area contributed by atoms with Gasteiger partial charge in [0, 0.05) is 12.4 Å². The van der Waals surface area contributed by atoms with Crippen molar-refractivity contribution in [3.05, 3.63) is 59.2 Å². The van der Waals surface area contributed by atoms with Crippen LogP contribution >= 0.6 is 0 Å². The zero-order valence-corrected chi connectivity index (χ0v) is 10.8. The molecule has 1 atom stereocenters. The van der Waals surface area contributed by atoms with E-state index >= 15 is 0 Å². The van der Waals surface area contributed by atoms with E-state index in [2.05, 4.69) is 9.97 Å². The fraction of sp³-hybridized carbons (Fsp3) is 0.200. The molecule has 0 aliphatic rings. The van der Waals surface area contributed by atoms with E-state index in [1.165, 1.54) is 12.4 Å². The second kappa shape index (κ2) is 5.40. The highest BCUT2D eigenvalue weighted by Gasteiger charge is 2.24. The fourth-order valence-corrected chi connectivity index (χ4v) is 1.78. The number of nitrogens with zero attached hydrogens (tertiary/aromatic N) is 3. The van der Waals surface area contributed by atoms with Crippen LogP contribution in [0.2, 0.25) is 0 Å². The monoisotopic (exact) mass is 251 g/mol. The Kier molecular flexibility index (Phi) is 3.67. The first-order valence-corrected chi connectivity index (χ1v) is 5.91. The summed E-state index contributed by atoms with van der Waals surface area (Å²) in [5, 5.41) is 9.25. The number of aromatic nitrogens is 2. The standard InChI is InChI=1S/C15H13N3O/c1-10-4-5-12(8-11(10)2)13(9-16)14(19)15-17-6-3-7-18-15/h3-8,13H,1-2H3. The van der Waals surface area contributed by atoms with Crippen molar-refractivity contribution in [1.29, 1.82) is 5.26 Å². The maximum atomic E-state index is 12.2. The van der Waals surface area contributed by atoms with E-state index in [1.54, 1.807) is 12.1 Å². The van der Waals surface area contributed by atoms with Gasteiger partial charge in [0.05, 0.1) is 6.07 Å². The zero-order chi connectivity index (χ0) is 13.8. The summed E-state index contributed by atoms with van der Waals surface area (Å²) >= 11 is 0. The number of aryl methyl sites for hydroxylation is 2. The Morgan fingerprint density at radius 2 is 1.89 bits per heavy atom. The quantitative estimate of drug-likeness (QED) is 0.786. The van der Waals surface area contributed by atoms with Gasteiger partial charge in [-0.1, -0.05) is 18.2 Å². The van der Waals surface area contributed by atoms with E-state index in [9.17, 15) is 10.1 Å². The first kappa shape index (κ1) is 12.9. The maximum absolute atomic E-state index is 12.2. The lowest BCUT2D eigenvalue weighted by Crippen LogP contribution is -2.14. The van der Waals surface area contributed by atoms with Crippen molar-refractivity contribution in [2.45, 2.75) is 19.8 Å². The molecule has 19 heavy (non-hydrogen) atoms. The molecule has 0 aliphatic carbocycles. The van der Waals surface area contributed by atoms with Crippen LogP contribution in [0.3, 0.4) is 0 Å². The maximum Gasteiger partial charge on any atom is 0.221 e. The highest BCUT2D eigenvalue weighted by molar-refractivity contribution is 5.99. The molecule has 1 heterocycles. The lowest BCUT2D eigenvalue weighted by Gasteiger charge is -2.09. The van der Waals surface area contributed by atoms with Gasteiger partial charge in [-0.3, -0.25) is 4.79 Å². The molecule has 1 unspecified atom stereocenters. The van der Waals surface area contributed by atoms with Crippen LogP contribution in [0.25, 0.3) is 0 Å². The number of ketones is 1. The average Bonchev–Trinajstić information content (AvgIpc) is 2.44. The number of nitriles is 1. The van der Waals surface area contributed by atoms with Gasteiger partial charge in [-0.05, 0) is 36.6 Å². The van der Waals surface area contributed by atoms with Gasteiger partial charge in [0.2, 0.25) is 5.78 Å². The Labute approximate surface area is 111 Å². The largest absolute Gasteiger partial charge is 0.289 e. The molecule has 94 valence electrons. The number of hydrogen-bond acceptors (Lipinski definition) is 4. The summed E-state index contributed by atoms with van der Waals surface area (Å²) in [5.41, 5.74) is 2.87. The number of rotatable bonds is 3. The van der Waals surface area contributed by atoms with Gasteiger partial charge in [-0.25, -0.2) is 9.97 Å². The van der Waals surface area contributed by atoms with Crippen LogP contribution in [0, 0.1) is 25.2 Å². The first-order valence-electron chi connectivity index (χ1n) is 5.91. The Hall–Kier alpha value is -2.54. The van der Waals surface area contributed by atoms with E-state index in [0.29, 0.717) is 5.56 Å². The lowest BCUT2D eigenvalue weighted by molar-refractivity contribution is 0.0968. The summed E-state index contributed by atoms with van der Waals surface area (Å²) in [7, 11) is 0. The average molecular weight is 251 g/mol. The van der Waals surface area contributed by atoms with Gasteiger partial charge in [0.25, 0.3) is 0 Å². The summed E-state index contributed by atoms with van der Waals surface area (Å²) in [6.45, 7) is 3.94. The molecule has 0 bridgehead atoms. The second-order valence-electron chi connectivity index (χ2n) is 4.34. The molecule has 0 fully saturated rings. The molecule has 0 aliphatic heterocycles. The number of Topliss-reactive ketones (excluding diaryl/α,β-unsaturated/α-hetero) is 1. The molecule has 4 heteroatoms. The fourth-order valence-electron chi connectivity index (χ4n) is 1.78. The van der Waals surface area contributed by atoms with E-state index in [4.69, 9.17) is 0 Å². The molecule has 1 aromatic carbocycles. The van der Waals surface area contributed by atoms with Crippen LogP contribution in [0.5, 0.6) is 0 Å². The molecule has 2 rings (SSSR count). The predicted octanol–water partition coefficient (Wildman–Crippen LogP) is 2.58. The number of hydrogen-bond donors (Lipinski definition) is 0. The topological polar surface area (TPSA) is 66.6 Å². The minimum absolute atomic E-state index is 0.0762. The van der Waals surface area contributed by atoms with Gasteiger partial charge in [-0.2, -0.15) is 5.26 Å².